The molecule has 0 aromatic heterocycles. The summed E-state index contributed by atoms with van der Waals surface area (Å²) in [7, 11) is 0. The molecule has 0 fully saturated rings. The van der Waals surface area contributed by atoms with Gasteiger partial charge in [0.1, 0.15) is 11.6 Å². The fourth-order valence-electron chi connectivity index (χ4n) is 1.89. The first-order chi connectivity index (χ1) is 8.44. The third-order valence-electron chi connectivity index (χ3n) is 3.12. The second-order valence-corrected chi connectivity index (χ2v) is 5.58. The zero-order valence-corrected chi connectivity index (χ0v) is 11.5. The molecule has 0 unspecified atom stereocenters. The molecule has 18 heavy (non-hydrogen) atoms. The second kappa shape index (κ2) is 6.83. The Morgan fingerprint density at radius 2 is 1.94 bits per heavy atom. The minimum atomic E-state index is -0.514. The highest BCUT2D eigenvalue weighted by atomic mass is 19.1. The van der Waals surface area contributed by atoms with Gasteiger partial charge in [-0.15, -0.1) is 0 Å². The van der Waals surface area contributed by atoms with Crippen LogP contribution in [0.5, 0.6) is 0 Å². The summed E-state index contributed by atoms with van der Waals surface area (Å²) in [5.74, 6) is -0.951. The fourth-order valence-corrected chi connectivity index (χ4v) is 1.89. The van der Waals surface area contributed by atoms with Crippen LogP contribution in [-0.4, -0.2) is 13.1 Å². The van der Waals surface area contributed by atoms with Crippen molar-refractivity contribution in [2.24, 2.45) is 5.41 Å². The van der Waals surface area contributed by atoms with Crippen molar-refractivity contribution >= 4 is 0 Å². The van der Waals surface area contributed by atoms with Crippen molar-refractivity contribution in [2.75, 3.05) is 13.1 Å². The third kappa shape index (κ3) is 5.13. The van der Waals surface area contributed by atoms with Gasteiger partial charge in [0.15, 0.2) is 0 Å². The van der Waals surface area contributed by atoms with Crippen molar-refractivity contribution in [3.8, 4) is 0 Å². The molecule has 0 bridgehead atoms. The molecule has 1 aromatic carbocycles. The van der Waals surface area contributed by atoms with Gasteiger partial charge in [-0.25, -0.2) is 8.78 Å². The van der Waals surface area contributed by atoms with Crippen LogP contribution in [0.25, 0.3) is 0 Å². The van der Waals surface area contributed by atoms with Gasteiger partial charge in [-0.2, -0.15) is 0 Å². The van der Waals surface area contributed by atoms with E-state index in [1.54, 1.807) is 6.07 Å². The molecule has 0 aliphatic rings. The summed E-state index contributed by atoms with van der Waals surface area (Å²) < 4.78 is 26.3. The van der Waals surface area contributed by atoms with Gasteiger partial charge in [0.25, 0.3) is 0 Å². The highest BCUT2D eigenvalue weighted by Gasteiger charge is 2.18. The van der Waals surface area contributed by atoms with Crippen molar-refractivity contribution in [1.82, 2.24) is 5.32 Å². The monoisotopic (exact) mass is 255 g/mol. The van der Waals surface area contributed by atoms with E-state index in [0.29, 0.717) is 12.0 Å². The van der Waals surface area contributed by atoms with Crippen LogP contribution < -0.4 is 5.32 Å². The van der Waals surface area contributed by atoms with Crippen molar-refractivity contribution < 1.29 is 8.78 Å². The summed E-state index contributed by atoms with van der Waals surface area (Å²) in [5.41, 5.74) is 0.718. The molecule has 0 spiro atoms. The summed E-state index contributed by atoms with van der Waals surface area (Å²) in [6.07, 6.45) is 2.64. The molecule has 0 radical (unpaired) electrons. The van der Waals surface area contributed by atoms with E-state index < -0.39 is 11.6 Å². The number of benzene rings is 1. The predicted molar refractivity (Wildman–Crippen MR) is 71.6 cm³/mol. The van der Waals surface area contributed by atoms with Crippen LogP contribution >= 0.6 is 0 Å². The lowest BCUT2D eigenvalue weighted by atomic mass is 9.86. The summed E-state index contributed by atoms with van der Waals surface area (Å²) in [4.78, 5) is 0. The molecular weight excluding hydrogens is 232 g/mol. The minimum Gasteiger partial charge on any atom is -0.316 e. The van der Waals surface area contributed by atoms with Gasteiger partial charge in [-0.1, -0.05) is 26.8 Å². The Bertz CT molecular complexity index is 375. The molecule has 0 aliphatic carbocycles. The molecule has 1 nitrogen and oxygen atoms in total. The van der Waals surface area contributed by atoms with Crippen LogP contribution in [0.1, 0.15) is 39.2 Å². The van der Waals surface area contributed by atoms with Crippen LogP contribution in [0.2, 0.25) is 0 Å². The van der Waals surface area contributed by atoms with E-state index in [0.717, 1.165) is 32.0 Å². The Kier molecular flexibility index (Phi) is 5.73. The van der Waals surface area contributed by atoms with Crippen LogP contribution in [0.3, 0.4) is 0 Å². The Hall–Kier alpha value is -0.960. The number of halogens is 2. The van der Waals surface area contributed by atoms with Gasteiger partial charge in [0.2, 0.25) is 0 Å². The van der Waals surface area contributed by atoms with Gasteiger partial charge in [0, 0.05) is 12.6 Å². The first kappa shape index (κ1) is 15.1. The molecule has 102 valence electrons. The zero-order chi connectivity index (χ0) is 13.6. The quantitative estimate of drug-likeness (QED) is 0.728. The maximum Gasteiger partial charge on any atom is 0.129 e. The van der Waals surface area contributed by atoms with Gasteiger partial charge in [-0.3, -0.25) is 0 Å². The molecule has 0 atom stereocenters. The number of aryl methyl sites for hydroxylation is 1. The molecule has 1 aromatic rings. The van der Waals surface area contributed by atoms with Gasteiger partial charge < -0.3 is 5.32 Å². The Balaban J connectivity index is 2.48. The summed E-state index contributed by atoms with van der Waals surface area (Å²) in [6, 6.07) is 3.82. The average molecular weight is 255 g/mol. The summed E-state index contributed by atoms with van der Waals surface area (Å²) >= 11 is 0. The van der Waals surface area contributed by atoms with E-state index in [1.165, 1.54) is 6.07 Å². The van der Waals surface area contributed by atoms with Crippen LogP contribution in [0.15, 0.2) is 18.2 Å². The standard InChI is InChI=1S/C15H23F2N/c1-4-9-18-11-15(2,3)8-7-12-5-6-13(16)10-14(12)17/h5-6,10,18H,4,7-9,11H2,1-3H3. The third-order valence-corrected chi connectivity index (χ3v) is 3.12. The fraction of sp³-hybridized carbons (Fsp3) is 0.600. The van der Waals surface area contributed by atoms with E-state index in [1.807, 2.05) is 0 Å². The first-order valence-electron chi connectivity index (χ1n) is 6.59. The molecule has 0 aliphatic heterocycles. The molecule has 0 heterocycles. The van der Waals surface area contributed by atoms with E-state index in [2.05, 4.69) is 26.1 Å². The number of hydrogen-bond donors (Lipinski definition) is 1. The maximum atomic E-state index is 13.5. The molecule has 0 amide bonds. The van der Waals surface area contributed by atoms with Crippen molar-refractivity contribution in [3.05, 3.63) is 35.4 Å². The smallest absolute Gasteiger partial charge is 0.129 e. The van der Waals surface area contributed by atoms with Gasteiger partial charge in [-0.05, 0) is 42.9 Å². The normalized spacial score (nSPS) is 11.8. The lowest BCUT2D eigenvalue weighted by Gasteiger charge is -2.25. The van der Waals surface area contributed by atoms with E-state index in [4.69, 9.17) is 0 Å². The number of rotatable bonds is 7. The van der Waals surface area contributed by atoms with Crippen LogP contribution in [0.4, 0.5) is 8.78 Å². The second-order valence-electron chi connectivity index (χ2n) is 5.58. The Morgan fingerprint density at radius 3 is 2.56 bits per heavy atom. The van der Waals surface area contributed by atoms with Crippen LogP contribution in [-0.2, 0) is 6.42 Å². The number of hydrogen-bond acceptors (Lipinski definition) is 1. The largest absolute Gasteiger partial charge is 0.316 e. The van der Waals surface area contributed by atoms with Crippen molar-refractivity contribution in [2.45, 2.75) is 40.0 Å². The van der Waals surface area contributed by atoms with Gasteiger partial charge >= 0.3 is 0 Å². The van der Waals surface area contributed by atoms with Crippen LogP contribution in [0, 0.1) is 17.0 Å². The zero-order valence-electron chi connectivity index (χ0n) is 11.5. The number of nitrogens with one attached hydrogen (secondary N) is 1. The van der Waals surface area contributed by atoms with E-state index >= 15 is 0 Å². The highest BCUT2D eigenvalue weighted by molar-refractivity contribution is 5.18. The van der Waals surface area contributed by atoms with E-state index in [9.17, 15) is 8.78 Å². The molecule has 3 heteroatoms. The summed E-state index contributed by atoms with van der Waals surface area (Å²) in [5, 5.41) is 3.38. The van der Waals surface area contributed by atoms with Crippen molar-refractivity contribution in [1.29, 1.82) is 0 Å². The molecule has 1 rings (SSSR count). The average Bonchev–Trinajstić information content (AvgIpc) is 2.28. The highest BCUT2D eigenvalue weighted by Crippen LogP contribution is 2.23. The lowest BCUT2D eigenvalue weighted by molar-refractivity contribution is 0.314. The van der Waals surface area contributed by atoms with E-state index in [-0.39, 0.29) is 5.41 Å². The summed E-state index contributed by atoms with van der Waals surface area (Å²) in [6.45, 7) is 8.39. The predicted octanol–water partition coefficient (Wildman–Crippen LogP) is 3.92. The molecule has 1 N–H and O–H groups in total. The van der Waals surface area contributed by atoms with Crippen molar-refractivity contribution in [3.63, 3.8) is 0 Å². The first-order valence-corrected chi connectivity index (χ1v) is 6.59. The van der Waals surface area contributed by atoms with Gasteiger partial charge in [0.05, 0.1) is 0 Å². The Morgan fingerprint density at radius 1 is 1.22 bits per heavy atom. The minimum absolute atomic E-state index is 0.121. The lowest BCUT2D eigenvalue weighted by Crippen LogP contribution is -2.30. The Labute approximate surface area is 109 Å². The molecule has 0 saturated heterocycles. The molecule has 0 saturated carbocycles. The molecular formula is C15H23F2N. The SMILES string of the molecule is CCCNCC(C)(C)CCc1ccc(F)cc1F. The topological polar surface area (TPSA) is 12.0 Å². The maximum absolute atomic E-state index is 13.5.